The van der Waals surface area contributed by atoms with E-state index in [0.29, 0.717) is 10.8 Å². The SMILES string of the molecule is CC(C)c1ccc(S(=O)(=O)Cc2ccccc2)cc1. The fourth-order valence-corrected chi connectivity index (χ4v) is 3.29. The molecular formula is C16H18O2S. The summed E-state index contributed by atoms with van der Waals surface area (Å²) in [6, 6.07) is 16.4. The Morgan fingerprint density at radius 3 is 2.00 bits per heavy atom. The van der Waals surface area contributed by atoms with Crippen molar-refractivity contribution < 1.29 is 8.42 Å². The third-order valence-electron chi connectivity index (χ3n) is 3.11. The Kier molecular flexibility index (Phi) is 4.05. The van der Waals surface area contributed by atoms with Crippen LogP contribution in [-0.4, -0.2) is 8.42 Å². The summed E-state index contributed by atoms with van der Waals surface area (Å²) in [5.41, 5.74) is 1.97. The first-order chi connectivity index (χ1) is 8.99. The summed E-state index contributed by atoms with van der Waals surface area (Å²) in [6.45, 7) is 4.18. The molecule has 2 nitrogen and oxygen atoms in total. The van der Waals surface area contributed by atoms with Crippen LogP contribution in [0.15, 0.2) is 59.5 Å². The lowest BCUT2D eigenvalue weighted by Crippen LogP contribution is -2.05. The van der Waals surface area contributed by atoms with Gasteiger partial charge in [0.05, 0.1) is 10.6 Å². The number of sulfone groups is 1. The molecule has 0 aliphatic heterocycles. The fraction of sp³-hybridized carbons (Fsp3) is 0.250. The van der Waals surface area contributed by atoms with Crippen LogP contribution >= 0.6 is 0 Å². The first-order valence-corrected chi connectivity index (χ1v) is 8.01. The first kappa shape index (κ1) is 13.8. The molecule has 0 fully saturated rings. The maximum Gasteiger partial charge on any atom is 0.182 e. The minimum Gasteiger partial charge on any atom is -0.223 e. The van der Waals surface area contributed by atoms with Crippen molar-refractivity contribution >= 4 is 9.84 Å². The molecule has 100 valence electrons. The predicted molar refractivity (Wildman–Crippen MR) is 77.9 cm³/mol. The highest BCUT2D eigenvalue weighted by Crippen LogP contribution is 2.20. The topological polar surface area (TPSA) is 34.1 Å². The van der Waals surface area contributed by atoms with E-state index in [-0.39, 0.29) is 5.75 Å². The van der Waals surface area contributed by atoms with Crippen molar-refractivity contribution in [3.63, 3.8) is 0 Å². The average Bonchev–Trinajstić information content (AvgIpc) is 2.39. The van der Waals surface area contributed by atoms with Crippen LogP contribution in [0.3, 0.4) is 0 Å². The van der Waals surface area contributed by atoms with E-state index in [1.54, 1.807) is 12.1 Å². The van der Waals surface area contributed by atoms with Crippen LogP contribution in [0.2, 0.25) is 0 Å². The van der Waals surface area contributed by atoms with Gasteiger partial charge in [0.1, 0.15) is 0 Å². The van der Waals surface area contributed by atoms with E-state index in [2.05, 4.69) is 13.8 Å². The fourth-order valence-electron chi connectivity index (χ4n) is 1.94. The summed E-state index contributed by atoms with van der Waals surface area (Å²) in [7, 11) is -3.26. The zero-order valence-electron chi connectivity index (χ0n) is 11.2. The van der Waals surface area contributed by atoms with E-state index in [4.69, 9.17) is 0 Å². The summed E-state index contributed by atoms with van der Waals surface area (Å²) < 4.78 is 24.6. The Bertz CT molecular complexity index is 626. The van der Waals surface area contributed by atoms with Gasteiger partial charge in [-0.1, -0.05) is 56.3 Å². The third-order valence-corrected chi connectivity index (χ3v) is 4.81. The van der Waals surface area contributed by atoms with Gasteiger partial charge in [0.25, 0.3) is 0 Å². The van der Waals surface area contributed by atoms with E-state index in [1.165, 1.54) is 0 Å². The largest absolute Gasteiger partial charge is 0.223 e. The third kappa shape index (κ3) is 3.44. The Morgan fingerprint density at radius 1 is 0.895 bits per heavy atom. The Morgan fingerprint density at radius 2 is 1.47 bits per heavy atom. The van der Waals surface area contributed by atoms with Crippen molar-refractivity contribution in [2.24, 2.45) is 0 Å². The standard InChI is InChI=1S/C16H18O2S/c1-13(2)15-8-10-16(11-9-15)19(17,18)12-14-6-4-3-5-7-14/h3-11,13H,12H2,1-2H3. The monoisotopic (exact) mass is 274 g/mol. The normalized spacial score (nSPS) is 11.7. The molecule has 0 heterocycles. The Labute approximate surface area is 115 Å². The second kappa shape index (κ2) is 5.57. The molecule has 0 N–H and O–H groups in total. The van der Waals surface area contributed by atoms with Crippen LogP contribution in [0, 0.1) is 0 Å². The summed E-state index contributed by atoms with van der Waals surface area (Å²) in [4.78, 5) is 0.390. The van der Waals surface area contributed by atoms with Gasteiger partial charge in [0.15, 0.2) is 9.84 Å². The Balaban J connectivity index is 2.25. The minimum atomic E-state index is -3.26. The Hall–Kier alpha value is -1.61. The van der Waals surface area contributed by atoms with Crippen molar-refractivity contribution in [2.45, 2.75) is 30.4 Å². The molecule has 0 saturated carbocycles. The number of benzene rings is 2. The van der Waals surface area contributed by atoms with Crippen molar-refractivity contribution in [1.29, 1.82) is 0 Å². The lowest BCUT2D eigenvalue weighted by molar-refractivity contribution is 0.595. The van der Waals surface area contributed by atoms with Gasteiger partial charge in [-0.25, -0.2) is 8.42 Å². The van der Waals surface area contributed by atoms with Crippen molar-refractivity contribution in [1.82, 2.24) is 0 Å². The molecule has 0 unspecified atom stereocenters. The molecule has 0 atom stereocenters. The molecule has 0 amide bonds. The van der Waals surface area contributed by atoms with Crippen LogP contribution in [0.1, 0.15) is 30.9 Å². The van der Waals surface area contributed by atoms with E-state index in [1.807, 2.05) is 42.5 Å². The highest BCUT2D eigenvalue weighted by atomic mass is 32.2. The number of hydrogen-bond acceptors (Lipinski definition) is 2. The van der Waals surface area contributed by atoms with Crippen LogP contribution in [0.4, 0.5) is 0 Å². The zero-order chi connectivity index (χ0) is 13.9. The predicted octanol–water partition coefficient (Wildman–Crippen LogP) is 3.78. The molecule has 0 saturated heterocycles. The lowest BCUT2D eigenvalue weighted by atomic mass is 10.0. The van der Waals surface area contributed by atoms with Gasteiger partial charge in [0, 0.05) is 0 Å². The highest BCUT2D eigenvalue weighted by Gasteiger charge is 2.15. The van der Waals surface area contributed by atoms with Gasteiger partial charge in [0.2, 0.25) is 0 Å². The molecule has 0 radical (unpaired) electrons. The summed E-state index contributed by atoms with van der Waals surface area (Å²) in [5.74, 6) is 0.459. The number of hydrogen-bond donors (Lipinski definition) is 0. The molecular weight excluding hydrogens is 256 g/mol. The maximum absolute atomic E-state index is 12.3. The molecule has 19 heavy (non-hydrogen) atoms. The second-order valence-corrected chi connectivity index (χ2v) is 6.96. The van der Waals surface area contributed by atoms with E-state index < -0.39 is 9.84 Å². The van der Waals surface area contributed by atoms with Gasteiger partial charge in [-0.05, 0) is 29.2 Å². The summed E-state index contributed by atoms with van der Waals surface area (Å²) >= 11 is 0. The summed E-state index contributed by atoms with van der Waals surface area (Å²) in [6.07, 6.45) is 0. The van der Waals surface area contributed by atoms with Crippen molar-refractivity contribution in [3.05, 3.63) is 65.7 Å². The molecule has 2 aromatic carbocycles. The molecule has 0 aromatic heterocycles. The highest BCUT2D eigenvalue weighted by molar-refractivity contribution is 7.90. The van der Waals surface area contributed by atoms with Crippen molar-refractivity contribution in [3.8, 4) is 0 Å². The second-order valence-electron chi connectivity index (χ2n) is 4.97. The van der Waals surface area contributed by atoms with Crippen LogP contribution < -0.4 is 0 Å². The van der Waals surface area contributed by atoms with Gasteiger partial charge in [-0.2, -0.15) is 0 Å². The minimum absolute atomic E-state index is 0.0505. The van der Waals surface area contributed by atoms with E-state index >= 15 is 0 Å². The zero-order valence-corrected chi connectivity index (χ0v) is 12.0. The van der Waals surface area contributed by atoms with Crippen LogP contribution in [0.25, 0.3) is 0 Å². The summed E-state index contributed by atoms with van der Waals surface area (Å²) in [5, 5.41) is 0. The average molecular weight is 274 g/mol. The maximum atomic E-state index is 12.3. The van der Waals surface area contributed by atoms with Gasteiger partial charge >= 0.3 is 0 Å². The molecule has 3 heteroatoms. The number of rotatable bonds is 4. The molecule has 0 aliphatic rings. The van der Waals surface area contributed by atoms with Gasteiger partial charge < -0.3 is 0 Å². The molecule has 2 aromatic rings. The van der Waals surface area contributed by atoms with Crippen LogP contribution in [0.5, 0.6) is 0 Å². The van der Waals surface area contributed by atoms with Gasteiger partial charge in [-0.3, -0.25) is 0 Å². The van der Waals surface area contributed by atoms with Crippen LogP contribution in [-0.2, 0) is 15.6 Å². The lowest BCUT2D eigenvalue weighted by Gasteiger charge is -2.08. The van der Waals surface area contributed by atoms with E-state index in [9.17, 15) is 8.42 Å². The van der Waals surface area contributed by atoms with Gasteiger partial charge in [-0.15, -0.1) is 0 Å². The molecule has 2 rings (SSSR count). The molecule has 0 aliphatic carbocycles. The molecule has 0 bridgehead atoms. The van der Waals surface area contributed by atoms with E-state index in [0.717, 1.165) is 11.1 Å². The molecule has 0 spiro atoms. The first-order valence-electron chi connectivity index (χ1n) is 6.36. The quantitative estimate of drug-likeness (QED) is 0.850. The van der Waals surface area contributed by atoms with Crippen molar-refractivity contribution in [2.75, 3.05) is 0 Å². The smallest absolute Gasteiger partial charge is 0.182 e.